The summed E-state index contributed by atoms with van der Waals surface area (Å²) in [7, 11) is 0. The summed E-state index contributed by atoms with van der Waals surface area (Å²) in [6.45, 7) is 0. The lowest BCUT2D eigenvalue weighted by atomic mass is 9.56. The van der Waals surface area contributed by atoms with Crippen LogP contribution < -0.4 is 4.74 Å². The van der Waals surface area contributed by atoms with Gasteiger partial charge in [0, 0.05) is 18.2 Å². The minimum absolute atomic E-state index is 0.000428. The highest BCUT2D eigenvalue weighted by atomic mass is 16.5. The van der Waals surface area contributed by atoms with Crippen molar-refractivity contribution in [3.63, 3.8) is 0 Å². The zero-order valence-electron chi connectivity index (χ0n) is 10.9. The topological polar surface area (TPSA) is 82.3 Å². The second-order valence-electron chi connectivity index (χ2n) is 5.74. The molecule has 5 nitrogen and oxygen atoms in total. The molecule has 0 saturated carbocycles. The molecule has 2 unspecified atom stereocenters. The summed E-state index contributed by atoms with van der Waals surface area (Å²) in [5.74, 6) is 0.504. The molecule has 0 aromatic heterocycles. The van der Waals surface area contributed by atoms with Gasteiger partial charge in [0.2, 0.25) is 0 Å². The first-order chi connectivity index (χ1) is 10.1. The first-order valence-electron chi connectivity index (χ1n) is 6.71. The molecule has 5 rings (SSSR count). The highest BCUT2D eigenvalue weighted by Crippen LogP contribution is 2.62. The maximum Gasteiger partial charge on any atom is 0.173 e. The zero-order valence-corrected chi connectivity index (χ0v) is 10.9. The van der Waals surface area contributed by atoms with Crippen molar-refractivity contribution in [3.05, 3.63) is 59.2 Å². The Labute approximate surface area is 119 Å². The van der Waals surface area contributed by atoms with Crippen molar-refractivity contribution in [2.45, 2.75) is 17.4 Å². The molecule has 2 aliphatic heterocycles. The molecular weight excluding hydrogens is 270 g/mol. The molecule has 0 fully saturated rings. The molecule has 2 bridgehead atoms. The maximum absolute atomic E-state index is 11.2. The SMILES string of the molecule is OC1=C2Oc3c(O)ccc4c3C23C=CN=C(C4)C3(O)C=C1. The number of phenols is 1. The first kappa shape index (κ1) is 11.2. The van der Waals surface area contributed by atoms with Gasteiger partial charge in [-0.05, 0) is 29.9 Å². The van der Waals surface area contributed by atoms with E-state index in [1.807, 2.05) is 6.07 Å². The molecule has 104 valence electrons. The molecule has 4 aliphatic rings. The highest BCUT2D eigenvalue weighted by molar-refractivity contribution is 6.04. The van der Waals surface area contributed by atoms with Crippen LogP contribution in [0.2, 0.25) is 0 Å². The summed E-state index contributed by atoms with van der Waals surface area (Å²) in [6, 6.07) is 3.38. The molecular formula is C16H11NO4. The van der Waals surface area contributed by atoms with Crippen LogP contribution in [0.1, 0.15) is 11.1 Å². The van der Waals surface area contributed by atoms with Gasteiger partial charge in [-0.2, -0.15) is 0 Å². The van der Waals surface area contributed by atoms with E-state index in [0.29, 0.717) is 23.4 Å². The van der Waals surface area contributed by atoms with Crippen molar-refractivity contribution < 1.29 is 20.1 Å². The lowest BCUT2D eigenvalue weighted by Gasteiger charge is -2.48. The van der Waals surface area contributed by atoms with Crippen molar-refractivity contribution in [2.24, 2.45) is 4.99 Å². The number of aliphatic imine (C=N–C) groups is 1. The van der Waals surface area contributed by atoms with Gasteiger partial charge in [0.1, 0.15) is 11.0 Å². The van der Waals surface area contributed by atoms with E-state index in [1.165, 1.54) is 6.08 Å². The highest BCUT2D eigenvalue weighted by Gasteiger charge is 2.66. The molecule has 0 saturated heterocycles. The Morgan fingerprint density at radius 3 is 2.90 bits per heavy atom. The maximum atomic E-state index is 11.2. The van der Waals surface area contributed by atoms with Gasteiger partial charge >= 0.3 is 0 Å². The van der Waals surface area contributed by atoms with Gasteiger partial charge in [-0.3, -0.25) is 4.99 Å². The van der Waals surface area contributed by atoms with Gasteiger partial charge in [-0.1, -0.05) is 6.07 Å². The number of benzene rings is 1. The molecule has 0 radical (unpaired) electrons. The fourth-order valence-corrected chi connectivity index (χ4v) is 3.92. The van der Waals surface area contributed by atoms with Crippen molar-refractivity contribution in [1.29, 1.82) is 0 Å². The Bertz CT molecular complexity index is 848. The Morgan fingerprint density at radius 2 is 2.05 bits per heavy atom. The Hall–Kier alpha value is -2.53. The zero-order chi connectivity index (χ0) is 14.4. The van der Waals surface area contributed by atoms with Crippen LogP contribution in [0.25, 0.3) is 0 Å². The Morgan fingerprint density at radius 1 is 1.19 bits per heavy atom. The van der Waals surface area contributed by atoms with Crippen LogP contribution in [0.15, 0.2) is 53.1 Å². The Kier molecular flexibility index (Phi) is 1.62. The molecule has 2 heterocycles. The number of aliphatic hydroxyl groups is 2. The van der Waals surface area contributed by atoms with E-state index in [2.05, 4.69) is 4.99 Å². The summed E-state index contributed by atoms with van der Waals surface area (Å²) in [5, 5.41) is 31.5. The third-order valence-corrected chi connectivity index (χ3v) is 4.85. The first-order valence-corrected chi connectivity index (χ1v) is 6.71. The number of aromatic hydroxyl groups is 1. The fraction of sp³-hybridized carbons (Fsp3) is 0.188. The molecule has 5 heteroatoms. The number of nitrogens with zero attached hydrogens (tertiary/aromatic N) is 1. The molecule has 21 heavy (non-hydrogen) atoms. The standard InChI is InChI=1S/C16H11NO4/c18-9-2-1-8-7-11-16(20)4-3-10(19)14-15(16,5-6-17-11)12(8)13(9)21-14/h1-6,18-20H,7H2. The van der Waals surface area contributed by atoms with E-state index in [4.69, 9.17) is 4.74 Å². The predicted molar refractivity (Wildman–Crippen MR) is 74.4 cm³/mol. The molecule has 1 aromatic carbocycles. The van der Waals surface area contributed by atoms with E-state index in [-0.39, 0.29) is 17.3 Å². The number of ether oxygens (including phenoxy) is 1. The van der Waals surface area contributed by atoms with Crippen molar-refractivity contribution in [2.75, 3.05) is 0 Å². The van der Waals surface area contributed by atoms with Crippen LogP contribution in [0.5, 0.6) is 11.5 Å². The van der Waals surface area contributed by atoms with Gasteiger partial charge in [-0.15, -0.1) is 0 Å². The van der Waals surface area contributed by atoms with Crippen LogP contribution in [-0.2, 0) is 11.8 Å². The van der Waals surface area contributed by atoms with E-state index >= 15 is 0 Å². The van der Waals surface area contributed by atoms with Crippen molar-refractivity contribution in [3.8, 4) is 11.5 Å². The minimum atomic E-state index is -1.37. The lowest BCUT2D eigenvalue weighted by molar-refractivity contribution is 0.0862. The second-order valence-corrected chi connectivity index (χ2v) is 5.74. The number of phenolic OH excluding ortho intramolecular Hbond substituents is 1. The molecule has 0 amide bonds. The quantitative estimate of drug-likeness (QED) is 0.675. The molecule has 2 aliphatic carbocycles. The van der Waals surface area contributed by atoms with Crippen LogP contribution >= 0.6 is 0 Å². The van der Waals surface area contributed by atoms with E-state index in [0.717, 1.165) is 5.56 Å². The molecule has 1 aromatic rings. The third kappa shape index (κ3) is 0.946. The predicted octanol–water partition coefficient (Wildman–Crippen LogP) is 1.62. The van der Waals surface area contributed by atoms with Gasteiger partial charge in [-0.25, -0.2) is 0 Å². The number of hydrogen-bond donors (Lipinski definition) is 3. The van der Waals surface area contributed by atoms with Gasteiger partial charge in [0.05, 0.1) is 5.71 Å². The summed E-state index contributed by atoms with van der Waals surface area (Å²) in [5.41, 5.74) is -0.139. The normalized spacial score (nSPS) is 33.7. The van der Waals surface area contributed by atoms with Crippen LogP contribution in [0, 0.1) is 0 Å². The second kappa shape index (κ2) is 3.04. The smallest absolute Gasteiger partial charge is 0.173 e. The summed E-state index contributed by atoms with van der Waals surface area (Å²) >= 11 is 0. The van der Waals surface area contributed by atoms with Gasteiger partial charge < -0.3 is 20.1 Å². The monoisotopic (exact) mass is 281 g/mol. The average molecular weight is 281 g/mol. The summed E-state index contributed by atoms with van der Waals surface area (Å²) < 4.78 is 5.75. The molecule has 1 spiro atoms. The van der Waals surface area contributed by atoms with Crippen LogP contribution in [0.4, 0.5) is 0 Å². The molecule has 2 atom stereocenters. The van der Waals surface area contributed by atoms with E-state index < -0.39 is 11.0 Å². The number of hydrogen-bond acceptors (Lipinski definition) is 5. The van der Waals surface area contributed by atoms with E-state index in [9.17, 15) is 15.3 Å². The van der Waals surface area contributed by atoms with Gasteiger partial charge in [0.25, 0.3) is 0 Å². The number of allylic oxidation sites excluding steroid dienone is 1. The number of aliphatic hydroxyl groups excluding tert-OH is 1. The summed E-state index contributed by atoms with van der Waals surface area (Å²) in [6.07, 6.45) is 6.82. The Balaban J connectivity index is 2.02. The molecule has 3 N–H and O–H groups in total. The largest absolute Gasteiger partial charge is 0.504 e. The van der Waals surface area contributed by atoms with Crippen LogP contribution in [0.3, 0.4) is 0 Å². The minimum Gasteiger partial charge on any atom is -0.504 e. The van der Waals surface area contributed by atoms with Crippen molar-refractivity contribution >= 4 is 5.71 Å². The van der Waals surface area contributed by atoms with Gasteiger partial charge in [0.15, 0.2) is 23.0 Å². The van der Waals surface area contributed by atoms with Crippen LogP contribution in [-0.4, -0.2) is 26.6 Å². The fourth-order valence-electron chi connectivity index (χ4n) is 3.92. The number of rotatable bonds is 0. The van der Waals surface area contributed by atoms with Crippen molar-refractivity contribution in [1.82, 2.24) is 0 Å². The third-order valence-electron chi connectivity index (χ3n) is 4.85. The average Bonchev–Trinajstić information content (AvgIpc) is 2.80. The summed E-state index contributed by atoms with van der Waals surface area (Å²) in [4.78, 5) is 4.32. The lowest BCUT2D eigenvalue weighted by Crippen LogP contribution is -2.60. The van der Waals surface area contributed by atoms with E-state index in [1.54, 1.807) is 24.4 Å².